The molecule has 17 heteroatoms. The van der Waals surface area contributed by atoms with Crippen LogP contribution in [0.4, 0.5) is 23.6 Å². The molecule has 3 aromatic heterocycles. The molecule has 2 atom stereocenters. The number of ether oxygens (including phenoxy) is 2. The summed E-state index contributed by atoms with van der Waals surface area (Å²) in [6, 6.07) is 9.11. The summed E-state index contributed by atoms with van der Waals surface area (Å²) in [6.07, 6.45) is 5.19. The van der Waals surface area contributed by atoms with Gasteiger partial charge in [0.15, 0.2) is 5.58 Å². The number of aromatic nitrogens is 5. The van der Waals surface area contributed by atoms with Crippen LogP contribution in [0.1, 0.15) is 37.1 Å². The minimum Gasteiger partial charge on any atom is -0.423 e. The van der Waals surface area contributed by atoms with Gasteiger partial charge in [-0.3, -0.25) is 8.42 Å². The molecular formula is C33H40ClN9O5S2. The van der Waals surface area contributed by atoms with E-state index in [0.717, 1.165) is 129 Å². The molecule has 0 radical (unpaired) electrons. The maximum absolute atomic E-state index is 12.6. The first-order valence-corrected chi connectivity index (χ1v) is 20.3. The minimum absolute atomic E-state index is 0.224. The summed E-state index contributed by atoms with van der Waals surface area (Å²) in [5.41, 5.74) is 3.43. The summed E-state index contributed by atoms with van der Waals surface area (Å²) in [5.74, 6) is 3.35. The van der Waals surface area contributed by atoms with Gasteiger partial charge in [0, 0.05) is 89.0 Å². The van der Waals surface area contributed by atoms with E-state index >= 15 is 0 Å². The first-order valence-electron chi connectivity index (χ1n) is 17.3. The molecule has 3 fully saturated rings. The van der Waals surface area contributed by atoms with E-state index in [1.54, 1.807) is 0 Å². The smallest absolute Gasteiger partial charge is 0.298 e. The van der Waals surface area contributed by atoms with Gasteiger partial charge in [0.05, 0.1) is 33.0 Å². The minimum atomic E-state index is -1.03. The van der Waals surface area contributed by atoms with E-state index in [1.165, 1.54) is 0 Å². The Morgan fingerprint density at radius 2 is 1.26 bits per heavy atom. The van der Waals surface area contributed by atoms with Gasteiger partial charge in [0.2, 0.25) is 11.2 Å². The highest BCUT2D eigenvalue weighted by molar-refractivity contribution is 7.85. The number of nitrogens with zero attached hydrogens (tertiary/aromatic N) is 7. The number of rotatable bonds is 6. The van der Waals surface area contributed by atoms with E-state index in [1.807, 2.05) is 24.3 Å². The van der Waals surface area contributed by atoms with Crippen LogP contribution < -0.4 is 20.4 Å². The molecule has 2 unspecified atom stereocenters. The standard InChI is InChI=1S/C22H26N6O3S.C11H14ClN3O2S/c29-32-14-7-17-19(32)20(23-15-5-12-30-13-6-15)26-21(24-17)27-8-10-28(11-9-27)22-25-16-3-1-2-4-18(16)31-22;12-11-14-8-3-6-18(16)9(8)10(15-11)13-7-1-4-17-5-2-7/h1-4,15H,5-14H2,(H,23,24,26);7H,1-6H2,(H,13,14,15). The van der Waals surface area contributed by atoms with Crippen molar-refractivity contribution >= 4 is 67.9 Å². The average molecular weight is 742 g/mol. The molecule has 14 nitrogen and oxygen atoms in total. The zero-order chi connectivity index (χ0) is 34.0. The predicted octanol–water partition coefficient (Wildman–Crippen LogP) is 3.58. The lowest BCUT2D eigenvalue weighted by atomic mass is 10.1. The van der Waals surface area contributed by atoms with Crippen LogP contribution in [-0.4, -0.2) is 110 Å². The molecule has 2 N–H and O–H groups in total. The lowest BCUT2D eigenvalue weighted by molar-refractivity contribution is 0.0902. The van der Waals surface area contributed by atoms with Crippen molar-refractivity contribution in [2.24, 2.45) is 0 Å². The number of fused-ring (bicyclic) bond motifs is 3. The third-order valence-electron chi connectivity index (χ3n) is 9.58. The number of halogens is 1. The number of hydrogen-bond acceptors (Lipinski definition) is 14. The van der Waals surface area contributed by atoms with Crippen molar-refractivity contribution < 1.29 is 22.3 Å². The molecule has 50 heavy (non-hydrogen) atoms. The Morgan fingerprint density at radius 1 is 0.700 bits per heavy atom. The second-order valence-corrected chi connectivity index (χ2v) is 16.2. The maximum atomic E-state index is 12.6. The Labute approximate surface area is 300 Å². The fourth-order valence-corrected chi connectivity index (χ4v) is 9.67. The fourth-order valence-electron chi connectivity index (χ4n) is 6.85. The summed E-state index contributed by atoms with van der Waals surface area (Å²) < 4.78 is 41.3. The molecule has 3 saturated heterocycles. The van der Waals surface area contributed by atoms with E-state index in [-0.39, 0.29) is 5.28 Å². The van der Waals surface area contributed by atoms with Crippen molar-refractivity contribution in [2.75, 3.05) is 84.5 Å². The topological polar surface area (TPSA) is 161 Å². The van der Waals surface area contributed by atoms with Gasteiger partial charge in [-0.25, -0.2) is 9.97 Å². The molecule has 5 aliphatic heterocycles. The zero-order valence-electron chi connectivity index (χ0n) is 27.6. The fraction of sp³-hybridized carbons (Fsp3) is 0.545. The maximum Gasteiger partial charge on any atom is 0.298 e. The zero-order valence-corrected chi connectivity index (χ0v) is 30.0. The summed E-state index contributed by atoms with van der Waals surface area (Å²) in [5, 5.41) is 7.12. The number of aryl methyl sites for hydroxylation is 2. The average Bonchev–Trinajstić information content (AvgIpc) is 3.86. The van der Waals surface area contributed by atoms with Gasteiger partial charge in [0.25, 0.3) is 6.01 Å². The van der Waals surface area contributed by atoms with Crippen LogP contribution in [-0.2, 0) is 43.9 Å². The molecule has 0 aliphatic carbocycles. The third kappa shape index (κ3) is 7.31. The first-order chi connectivity index (χ1) is 24.5. The molecule has 0 saturated carbocycles. The van der Waals surface area contributed by atoms with Crippen LogP contribution in [0, 0.1) is 0 Å². The lowest BCUT2D eigenvalue weighted by Crippen LogP contribution is -2.47. The number of benzene rings is 1. The summed E-state index contributed by atoms with van der Waals surface area (Å²) >= 11 is 5.91. The second-order valence-electron chi connectivity index (χ2n) is 12.9. The number of hydrogen-bond donors (Lipinski definition) is 2. The van der Waals surface area contributed by atoms with Crippen LogP contribution in [0.2, 0.25) is 5.28 Å². The van der Waals surface area contributed by atoms with Crippen molar-refractivity contribution in [2.45, 2.75) is 60.4 Å². The van der Waals surface area contributed by atoms with Crippen molar-refractivity contribution in [3.05, 3.63) is 40.9 Å². The number of nitrogens with one attached hydrogen (secondary N) is 2. The van der Waals surface area contributed by atoms with Gasteiger partial charge in [-0.05, 0) is 49.4 Å². The van der Waals surface area contributed by atoms with Crippen LogP contribution in [0.3, 0.4) is 0 Å². The SMILES string of the molecule is O=S1CCc2nc(Cl)nc(NC3CCOCC3)c21.O=S1CCc2nc(N3CCN(c4nc5ccccc5o4)CC3)nc(NC3CCOCC3)c21. The Kier molecular flexibility index (Phi) is 10.1. The molecule has 0 amide bonds. The van der Waals surface area contributed by atoms with Crippen LogP contribution >= 0.6 is 11.6 Å². The van der Waals surface area contributed by atoms with Crippen molar-refractivity contribution in [1.82, 2.24) is 24.9 Å². The first kappa shape index (κ1) is 33.7. The quantitative estimate of drug-likeness (QED) is 0.276. The normalized spacial score (nSPS) is 22.6. The van der Waals surface area contributed by atoms with E-state index in [2.05, 4.69) is 35.4 Å². The highest BCUT2D eigenvalue weighted by atomic mass is 35.5. The number of anilines is 4. The molecule has 5 aliphatic rings. The highest BCUT2D eigenvalue weighted by Crippen LogP contribution is 2.33. The largest absolute Gasteiger partial charge is 0.423 e. The highest BCUT2D eigenvalue weighted by Gasteiger charge is 2.31. The molecule has 9 rings (SSSR count). The molecule has 1 aromatic carbocycles. The van der Waals surface area contributed by atoms with Crippen molar-refractivity contribution in [3.63, 3.8) is 0 Å². The third-order valence-corrected chi connectivity index (χ3v) is 12.7. The Hall–Kier alpha value is -3.44. The number of para-hydroxylation sites is 2. The molecule has 4 aromatic rings. The van der Waals surface area contributed by atoms with Crippen molar-refractivity contribution in [3.8, 4) is 0 Å². The number of oxazole rings is 1. The Bertz CT molecular complexity index is 1860. The van der Waals surface area contributed by atoms with E-state index in [0.29, 0.717) is 41.8 Å². The van der Waals surface area contributed by atoms with Gasteiger partial charge in [-0.1, -0.05) is 12.1 Å². The van der Waals surface area contributed by atoms with Gasteiger partial charge < -0.3 is 34.3 Å². The van der Waals surface area contributed by atoms with Crippen molar-refractivity contribution in [1.29, 1.82) is 0 Å². The van der Waals surface area contributed by atoms with E-state index in [4.69, 9.17) is 35.5 Å². The summed E-state index contributed by atoms with van der Waals surface area (Å²) in [6.45, 7) is 6.11. The molecule has 0 spiro atoms. The lowest BCUT2D eigenvalue weighted by Gasteiger charge is -2.34. The summed E-state index contributed by atoms with van der Waals surface area (Å²) in [7, 11) is -2.03. The van der Waals surface area contributed by atoms with Gasteiger partial charge in [-0.2, -0.15) is 15.0 Å². The monoisotopic (exact) mass is 741 g/mol. The van der Waals surface area contributed by atoms with Gasteiger partial charge in [0.1, 0.15) is 26.9 Å². The molecule has 8 heterocycles. The van der Waals surface area contributed by atoms with Gasteiger partial charge in [-0.15, -0.1) is 0 Å². The van der Waals surface area contributed by atoms with Crippen LogP contribution in [0.5, 0.6) is 0 Å². The van der Waals surface area contributed by atoms with E-state index in [9.17, 15) is 8.42 Å². The Morgan fingerprint density at radius 3 is 1.88 bits per heavy atom. The molecule has 266 valence electrons. The Balaban J connectivity index is 0.000000170. The molecule has 0 bridgehead atoms. The number of piperazine rings is 1. The van der Waals surface area contributed by atoms with Crippen LogP contribution in [0.25, 0.3) is 11.1 Å². The summed E-state index contributed by atoms with van der Waals surface area (Å²) in [4.78, 5) is 28.6. The second kappa shape index (κ2) is 15.0. The van der Waals surface area contributed by atoms with Crippen LogP contribution in [0.15, 0.2) is 38.5 Å². The van der Waals surface area contributed by atoms with E-state index < -0.39 is 21.6 Å². The predicted molar refractivity (Wildman–Crippen MR) is 192 cm³/mol. The molecular weight excluding hydrogens is 702 g/mol. The van der Waals surface area contributed by atoms with Gasteiger partial charge >= 0.3 is 0 Å².